The number of hydrogen-bond acceptors (Lipinski definition) is 5. The van der Waals surface area contributed by atoms with Gasteiger partial charge in [-0.15, -0.1) is 0 Å². The number of hydrogen-bond donors (Lipinski definition) is 0. The van der Waals surface area contributed by atoms with Crippen LogP contribution in [0.5, 0.6) is 11.5 Å². The van der Waals surface area contributed by atoms with E-state index < -0.39 is 10.0 Å². The fourth-order valence-electron chi connectivity index (χ4n) is 3.20. The number of rotatable bonds is 7. The molecule has 2 aromatic carbocycles. The van der Waals surface area contributed by atoms with Gasteiger partial charge in [0.25, 0.3) is 10.0 Å². The Labute approximate surface area is 165 Å². The number of benzene rings is 2. The first-order valence-corrected chi connectivity index (χ1v) is 10.5. The lowest BCUT2D eigenvalue weighted by molar-refractivity contribution is -0.128. The van der Waals surface area contributed by atoms with Gasteiger partial charge in [-0.3, -0.25) is 9.10 Å². The first kappa shape index (κ1) is 20.0. The lowest BCUT2D eigenvalue weighted by Gasteiger charge is -2.27. The maximum Gasteiger partial charge on any atom is 0.264 e. The van der Waals surface area contributed by atoms with Crippen molar-refractivity contribution >= 4 is 21.6 Å². The van der Waals surface area contributed by atoms with Crippen molar-refractivity contribution in [3.63, 3.8) is 0 Å². The summed E-state index contributed by atoms with van der Waals surface area (Å²) in [6.45, 7) is 1.01. The van der Waals surface area contributed by atoms with Gasteiger partial charge in [0.15, 0.2) is 0 Å². The van der Waals surface area contributed by atoms with Gasteiger partial charge in [-0.2, -0.15) is 0 Å². The van der Waals surface area contributed by atoms with Crippen LogP contribution in [-0.4, -0.2) is 53.1 Å². The maximum atomic E-state index is 13.4. The molecule has 0 saturated carbocycles. The molecule has 28 heavy (non-hydrogen) atoms. The van der Waals surface area contributed by atoms with Crippen LogP contribution in [0.15, 0.2) is 53.4 Å². The van der Waals surface area contributed by atoms with E-state index in [2.05, 4.69) is 0 Å². The number of methoxy groups -OCH3 is 2. The standard InChI is InChI=1S/C20H24N2O5S/c1-26-16-10-11-18(19(14-16)27-2)22(15-20(23)21-12-6-7-13-21)28(24,25)17-8-4-3-5-9-17/h3-5,8-11,14H,6-7,12-13,15H2,1-2H3. The second-order valence-electron chi connectivity index (χ2n) is 6.45. The minimum absolute atomic E-state index is 0.113. The summed E-state index contributed by atoms with van der Waals surface area (Å²) in [6, 6.07) is 12.9. The number of sulfonamides is 1. The van der Waals surface area contributed by atoms with Crippen molar-refractivity contribution in [2.45, 2.75) is 17.7 Å². The van der Waals surface area contributed by atoms with Gasteiger partial charge in [-0.1, -0.05) is 18.2 Å². The number of ether oxygens (including phenoxy) is 2. The highest BCUT2D eigenvalue weighted by Gasteiger charge is 2.31. The fourth-order valence-corrected chi connectivity index (χ4v) is 4.65. The summed E-state index contributed by atoms with van der Waals surface area (Å²) in [5, 5.41) is 0. The van der Waals surface area contributed by atoms with Gasteiger partial charge >= 0.3 is 0 Å². The molecule has 2 aromatic rings. The summed E-state index contributed by atoms with van der Waals surface area (Å²) in [7, 11) is -0.996. The van der Waals surface area contributed by atoms with Gasteiger partial charge in [0.1, 0.15) is 18.0 Å². The third-order valence-electron chi connectivity index (χ3n) is 4.72. The highest BCUT2D eigenvalue weighted by Crippen LogP contribution is 2.35. The van der Waals surface area contributed by atoms with E-state index in [-0.39, 0.29) is 17.3 Å². The summed E-state index contributed by atoms with van der Waals surface area (Å²) in [5.41, 5.74) is 0.291. The molecule has 1 fully saturated rings. The fraction of sp³-hybridized carbons (Fsp3) is 0.350. The van der Waals surface area contributed by atoms with E-state index in [0.717, 1.165) is 17.1 Å². The molecule has 0 bridgehead atoms. The van der Waals surface area contributed by atoms with Gasteiger partial charge in [0.2, 0.25) is 5.91 Å². The van der Waals surface area contributed by atoms with Crippen LogP contribution in [0, 0.1) is 0 Å². The van der Waals surface area contributed by atoms with Gasteiger partial charge in [-0.25, -0.2) is 8.42 Å². The molecular formula is C20H24N2O5S. The van der Waals surface area contributed by atoms with E-state index in [9.17, 15) is 13.2 Å². The zero-order valence-electron chi connectivity index (χ0n) is 16.0. The van der Waals surface area contributed by atoms with Crippen LogP contribution in [-0.2, 0) is 14.8 Å². The zero-order chi connectivity index (χ0) is 20.1. The third-order valence-corrected chi connectivity index (χ3v) is 6.50. The highest BCUT2D eigenvalue weighted by molar-refractivity contribution is 7.92. The molecule has 0 N–H and O–H groups in total. The summed E-state index contributed by atoms with van der Waals surface area (Å²) < 4.78 is 38.5. The minimum Gasteiger partial charge on any atom is -0.497 e. The predicted octanol–water partition coefficient (Wildman–Crippen LogP) is 2.52. The van der Waals surface area contributed by atoms with Gasteiger partial charge in [0.05, 0.1) is 24.8 Å². The lowest BCUT2D eigenvalue weighted by atomic mass is 10.2. The van der Waals surface area contributed by atoms with Crippen molar-refractivity contribution in [3.8, 4) is 11.5 Å². The largest absolute Gasteiger partial charge is 0.497 e. The van der Waals surface area contributed by atoms with Gasteiger partial charge in [0, 0.05) is 19.2 Å². The van der Waals surface area contributed by atoms with Crippen LogP contribution in [0.2, 0.25) is 0 Å². The molecule has 1 amide bonds. The number of amides is 1. The molecule has 0 radical (unpaired) electrons. The minimum atomic E-state index is -3.97. The van der Waals surface area contributed by atoms with Crippen molar-refractivity contribution in [1.82, 2.24) is 4.90 Å². The summed E-state index contributed by atoms with van der Waals surface area (Å²) >= 11 is 0. The molecule has 150 valence electrons. The summed E-state index contributed by atoms with van der Waals surface area (Å²) in [6.07, 6.45) is 1.87. The molecule has 0 aromatic heterocycles. The van der Waals surface area contributed by atoms with Crippen molar-refractivity contribution in [2.75, 3.05) is 38.2 Å². The summed E-state index contributed by atoms with van der Waals surface area (Å²) in [5.74, 6) is 0.617. The predicted molar refractivity (Wildman–Crippen MR) is 106 cm³/mol. The lowest BCUT2D eigenvalue weighted by Crippen LogP contribution is -2.42. The molecule has 8 heteroatoms. The van der Waals surface area contributed by atoms with Gasteiger partial charge in [-0.05, 0) is 37.1 Å². The van der Waals surface area contributed by atoms with Crippen molar-refractivity contribution in [3.05, 3.63) is 48.5 Å². The van der Waals surface area contributed by atoms with E-state index in [1.165, 1.54) is 26.4 Å². The topological polar surface area (TPSA) is 76.2 Å². The van der Waals surface area contributed by atoms with Crippen LogP contribution in [0.3, 0.4) is 0 Å². The number of nitrogens with zero attached hydrogens (tertiary/aromatic N) is 2. The Balaban J connectivity index is 2.05. The summed E-state index contributed by atoms with van der Waals surface area (Å²) in [4.78, 5) is 14.6. The Morgan fingerprint density at radius 1 is 1.04 bits per heavy atom. The van der Waals surface area contributed by atoms with Crippen LogP contribution in [0.4, 0.5) is 5.69 Å². The molecule has 0 spiro atoms. The third kappa shape index (κ3) is 4.06. The monoisotopic (exact) mass is 404 g/mol. The van der Waals surface area contributed by atoms with E-state index in [0.29, 0.717) is 30.3 Å². The van der Waals surface area contributed by atoms with Crippen LogP contribution in [0.1, 0.15) is 12.8 Å². The quantitative estimate of drug-likeness (QED) is 0.709. The Bertz CT molecular complexity index is 925. The highest BCUT2D eigenvalue weighted by atomic mass is 32.2. The molecule has 1 aliphatic rings. The molecule has 1 aliphatic heterocycles. The SMILES string of the molecule is COc1ccc(N(CC(=O)N2CCCC2)S(=O)(=O)c2ccccc2)c(OC)c1. The molecular weight excluding hydrogens is 380 g/mol. The zero-order valence-corrected chi connectivity index (χ0v) is 16.8. The normalized spacial score (nSPS) is 14.0. The second kappa shape index (κ2) is 8.52. The first-order chi connectivity index (χ1) is 13.5. The molecule has 1 heterocycles. The molecule has 0 aliphatic carbocycles. The van der Waals surface area contributed by atoms with Gasteiger partial charge < -0.3 is 14.4 Å². The molecule has 3 rings (SSSR count). The smallest absolute Gasteiger partial charge is 0.264 e. The average molecular weight is 404 g/mol. The number of carbonyl (C=O) groups excluding carboxylic acids is 1. The van der Waals surface area contributed by atoms with E-state index in [4.69, 9.17) is 9.47 Å². The Morgan fingerprint density at radius 2 is 1.71 bits per heavy atom. The number of carbonyl (C=O) groups is 1. The Morgan fingerprint density at radius 3 is 2.32 bits per heavy atom. The van der Waals surface area contributed by atoms with E-state index in [1.54, 1.807) is 41.3 Å². The van der Waals surface area contributed by atoms with Crippen LogP contribution in [0.25, 0.3) is 0 Å². The Kier molecular flexibility index (Phi) is 6.08. The second-order valence-corrected chi connectivity index (χ2v) is 8.31. The first-order valence-electron chi connectivity index (χ1n) is 9.05. The van der Waals surface area contributed by atoms with Crippen LogP contribution < -0.4 is 13.8 Å². The number of anilines is 1. The van der Waals surface area contributed by atoms with Crippen molar-refractivity contribution in [2.24, 2.45) is 0 Å². The Hall–Kier alpha value is -2.74. The maximum absolute atomic E-state index is 13.4. The van der Waals surface area contributed by atoms with E-state index in [1.807, 2.05) is 0 Å². The average Bonchev–Trinajstić information content (AvgIpc) is 3.27. The van der Waals surface area contributed by atoms with Crippen LogP contribution >= 0.6 is 0 Å². The molecule has 0 unspecified atom stereocenters. The molecule has 0 atom stereocenters. The van der Waals surface area contributed by atoms with E-state index >= 15 is 0 Å². The number of likely N-dealkylation sites (tertiary alicyclic amines) is 1. The molecule has 7 nitrogen and oxygen atoms in total. The van der Waals surface area contributed by atoms with Crippen molar-refractivity contribution in [1.29, 1.82) is 0 Å². The van der Waals surface area contributed by atoms with Crippen molar-refractivity contribution < 1.29 is 22.7 Å². The molecule has 1 saturated heterocycles.